The lowest BCUT2D eigenvalue weighted by Crippen LogP contribution is -2.64. The molecule has 1 aromatic carbocycles. The van der Waals surface area contributed by atoms with E-state index in [0.29, 0.717) is 23.7 Å². The maximum atomic E-state index is 13.4. The van der Waals surface area contributed by atoms with Crippen molar-refractivity contribution in [3.63, 3.8) is 0 Å². The molecule has 2 aromatic rings. The smallest absolute Gasteiger partial charge is 0.358 e. The Hall–Kier alpha value is -4.56. The molecule has 2 saturated heterocycles. The molecule has 1 aromatic heterocycles. The number of aromatic nitrogens is 3. The summed E-state index contributed by atoms with van der Waals surface area (Å²) in [5, 5.41) is 24.4. The highest BCUT2D eigenvalue weighted by molar-refractivity contribution is 5.99. The summed E-state index contributed by atoms with van der Waals surface area (Å²) in [7, 11) is 0. The van der Waals surface area contributed by atoms with Gasteiger partial charge in [0.25, 0.3) is 5.91 Å². The number of amides is 5. The predicted octanol–water partition coefficient (Wildman–Crippen LogP) is -1.21. The molecule has 184 valence electrons. The molecule has 2 aliphatic heterocycles. The van der Waals surface area contributed by atoms with Crippen molar-refractivity contribution in [3.8, 4) is 0 Å². The number of carbonyl (C=O) groups excluding carboxylic acids is 5. The van der Waals surface area contributed by atoms with Crippen LogP contribution in [0.3, 0.4) is 0 Å². The van der Waals surface area contributed by atoms with Gasteiger partial charge in [0, 0.05) is 18.5 Å². The van der Waals surface area contributed by atoms with Crippen molar-refractivity contribution in [2.45, 2.75) is 37.8 Å². The van der Waals surface area contributed by atoms with Gasteiger partial charge < -0.3 is 15.2 Å². The maximum Gasteiger partial charge on any atom is 0.358 e. The number of H-pyrrole nitrogens is 1. The summed E-state index contributed by atoms with van der Waals surface area (Å²) < 4.78 is 0. The van der Waals surface area contributed by atoms with Crippen molar-refractivity contribution in [1.82, 2.24) is 41.2 Å². The van der Waals surface area contributed by atoms with E-state index >= 15 is 0 Å². The van der Waals surface area contributed by atoms with Crippen LogP contribution >= 0.6 is 0 Å². The Kier molecular flexibility index (Phi) is 6.57. The van der Waals surface area contributed by atoms with Crippen LogP contribution in [0.1, 0.15) is 36.0 Å². The second-order valence-electron chi connectivity index (χ2n) is 8.04. The number of aliphatic carboxylic acids is 1. The van der Waals surface area contributed by atoms with Gasteiger partial charge in [-0.05, 0) is 31.0 Å². The summed E-state index contributed by atoms with van der Waals surface area (Å²) in [6.07, 6.45) is 0.141. The number of carbonyl (C=O) groups is 6. The molecular weight excluding hydrogens is 464 g/mol. The number of benzene rings is 1. The molecule has 0 aliphatic carbocycles. The van der Waals surface area contributed by atoms with Crippen LogP contribution in [-0.2, 0) is 19.2 Å². The minimum Gasteiger partial charge on any atom is -0.481 e. The molecule has 0 unspecified atom stereocenters. The largest absolute Gasteiger partial charge is 0.481 e. The van der Waals surface area contributed by atoms with Crippen molar-refractivity contribution < 1.29 is 33.9 Å². The van der Waals surface area contributed by atoms with Gasteiger partial charge in [0.15, 0.2) is 0 Å². The van der Waals surface area contributed by atoms with Crippen molar-refractivity contribution in [1.29, 1.82) is 0 Å². The van der Waals surface area contributed by atoms with Gasteiger partial charge in [0.2, 0.25) is 11.8 Å². The Morgan fingerprint density at radius 1 is 1.26 bits per heavy atom. The quantitative estimate of drug-likeness (QED) is 0.347. The average Bonchev–Trinajstić information content (AvgIpc) is 3.28. The molecule has 3 heterocycles. The van der Waals surface area contributed by atoms with Gasteiger partial charge in [0.1, 0.15) is 17.8 Å². The zero-order valence-corrected chi connectivity index (χ0v) is 18.3. The summed E-state index contributed by atoms with van der Waals surface area (Å²) in [4.78, 5) is 74.0. The SMILES string of the molecule is O=C[C@H](CC(=O)O)NC(=O)[C@@H]1CCCN2C(=O)CCN(NC(=O)c3ccc4nn[nH]c4c3)C(=O)N12. The zero-order valence-electron chi connectivity index (χ0n) is 18.3. The van der Waals surface area contributed by atoms with E-state index in [1.807, 2.05) is 0 Å². The summed E-state index contributed by atoms with van der Waals surface area (Å²) in [5.74, 6) is -3.11. The number of rotatable bonds is 7. The highest BCUT2D eigenvalue weighted by Crippen LogP contribution is 2.24. The third-order valence-electron chi connectivity index (χ3n) is 5.68. The molecule has 2 fully saturated rings. The van der Waals surface area contributed by atoms with Gasteiger partial charge in [-0.3, -0.25) is 29.7 Å². The van der Waals surface area contributed by atoms with Crippen LogP contribution in [0.4, 0.5) is 4.79 Å². The number of aromatic amines is 1. The van der Waals surface area contributed by atoms with Crippen LogP contribution in [0, 0.1) is 0 Å². The lowest BCUT2D eigenvalue weighted by atomic mass is 10.1. The van der Waals surface area contributed by atoms with Crippen LogP contribution in [-0.4, -0.2) is 96.7 Å². The third kappa shape index (κ3) is 4.87. The maximum absolute atomic E-state index is 13.4. The fourth-order valence-corrected chi connectivity index (χ4v) is 3.99. The first-order valence-electron chi connectivity index (χ1n) is 10.8. The van der Waals surface area contributed by atoms with E-state index in [1.165, 1.54) is 12.1 Å². The summed E-state index contributed by atoms with van der Waals surface area (Å²) in [6, 6.07) is 1.30. The Morgan fingerprint density at radius 2 is 2.06 bits per heavy atom. The molecule has 0 radical (unpaired) electrons. The minimum absolute atomic E-state index is 0.101. The molecule has 4 N–H and O–H groups in total. The lowest BCUT2D eigenvalue weighted by Gasteiger charge is -2.42. The molecular formula is C20H22N8O7. The zero-order chi connectivity index (χ0) is 25.1. The number of urea groups is 1. The molecule has 2 atom stereocenters. The topological polar surface area (TPSA) is 198 Å². The molecule has 15 heteroatoms. The monoisotopic (exact) mass is 486 g/mol. The second kappa shape index (κ2) is 9.74. The highest BCUT2D eigenvalue weighted by Gasteiger charge is 2.44. The number of nitrogens with one attached hydrogen (secondary N) is 3. The molecule has 0 saturated carbocycles. The number of carboxylic acids is 1. The molecule has 0 spiro atoms. The molecule has 0 bridgehead atoms. The Balaban J connectivity index is 1.54. The fraction of sp³-hybridized carbons (Fsp3) is 0.400. The molecule has 2 aliphatic rings. The summed E-state index contributed by atoms with van der Waals surface area (Å²) >= 11 is 0. The Bertz CT molecular complexity index is 1200. The number of fused-ring (bicyclic) bond motifs is 2. The number of hydrogen-bond acceptors (Lipinski definition) is 8. The first kappa shape index (κ1) is 23.6. The average molecular weight is 486 g/mol. The van der Waals surface area contributed by atoms with Gasteiger partial charge in [-0.2, -0.15) is 0 Å². The number of hydrazine groups is 2. The molecule has 35 heavy (non-hydrogen) atoms. The number of hydrogen-bond donors (Lipinski definition) is 4. The second-order valence-corrected chi connectivity index (χ2v) is 8.04. The summed E-state index contributed by atoms with van der Waals surface area (Å²) in [5.41, 5.74) is 3.75. The fourth-order valence-electron chi connectivity index (χ4n) is 3.99. The predicted molar refractivity (Wildman–Crippen MR) is 115 cm³/mol. The Labute approximate surface area is 197 Å². The van der Waals surface area contributed by atoms with Crippen LogP contribution in [0.2, 0.25) is 0 Å². The van der Waals surface area contributed by atoms with Gasteiger partial charge in [0.05, 0.1) is 24.5 Å². The standard InChI is InChI=1S/C20H22N8O7/c29-10-12(9-17(31)32)21-19(34)15-2-1-6-27-16(30)5-7-26(20(35)28(15)27)24-18(33)11-3-4-13-14(8-11)23-25-22-13/h3-4,8,10,12,15H,1-2,5-7,9H2,(H,21,34)(H,24,33)(H,31,32)(H,22,23,25)/t12-,15-/m0/s1. The van der Waals surface area contributed by atoms with E-state index in [0.717, 1.165) is 15.0 Å². The number of carboxylic acid groups (broad SMARTS) is 1. The Morgan fingerprint density at radius 3 is 2.80 bits per heavy atom. The molecule has 5 amide bonds. The van der Waals surface area contributed by atoms with Crippen molar-refractivity contribution in [3.05, 3.63) is 23.8 Å². The normalized spacial score (nSPS) is 19.1. The van der Waals surface area contributed by atoms with Gasteiger partial charge in [-0.1, -0.05) is 5.21 Å². The lowest BCUT2D eigenvalue weighted by molar-refractivity contribution is -0.155. The van der Waals surface area contributed by atoms with Crippen LogP contribution in [0.25, 0.3) is 11.0 Å². The number of aldehydes is 1. The van der Waals surface area contributed by atoms with E-state index in [1.54, 1.807) is 6.07 Å². The van der Waals surface area contributed by atoms with Gasteiger partial charge >= 0.3 is 12.0 Å². The van der Waals surface area contributed by atoms with E-state index in [4.69, 9.17) is 5.11 Å². The molecule has 15 nitrogen and oxygen atoms in total. The van der Waals surface area contributed by atoms with Crippen molar-refractivity contribution in [2.24, 2.45) is 0 Å². The number of nitrogens with zero attached hydrogens (tertiary/aromatic N) is 5. The highest BCUT2D eigenvalue weighted by atomic mass is 16.4. The van der Waals surface area contributed by atoms with E-state index < -0.39 is 48.2 Å². The first-order chi connectivity index (χ1) is 16.8. The van der Waals surface area contributed by atoms with Crippen molar-refractivity contribution >= 4 is 47.0 Å². The van der Waals surface area contributed by atoms with Crippen LogP contribution in [0.15, 0.2) is 18.2 Å². The van der Waals surface area contributed by atoms with Crippen LogP contribution < -0.4 is 10.7 Å². The van der Waals surface area contributed by atoms with E-state index in [-0.39, 0.29) is 31.5 Å². The minimum atomic E-state index is -1.30. The first-order valence-corrected chi connectivity index (χ1v) is 10.8. The third-order valence-corrected chi connectivity index (χ3v) is 5.68. The van der Waals surface area contributed by atoms with Gasteiger partial charge in [-0.15, -0.1) is 5.10 Å². The summed E-state index contributed by atoms with van der Waals surface area (Å²) in [6.45, 7) is 0.0560. The van der Waals surface area contributed by atoms with E-state index in [9.17, 15) is 28.8 Å². The van der Waals surface area contributed by atoms with Gasteiger partial charge in [-0.25, -0.2) is 19.8 Å². The molecule has 4 rings (SSSR count). The van der Waals surface area contributed by atoms with E-state index in [2.05, 4.69) is 26.2 Å². The van der Waals surface area contributed by atoms with Crippen molar-refractivity contribution in [2.75, 3.05) is 13.1 Å². The van der Waals surface area contributed by atoms with Crippen LogP contribution in [0.5, 0.6) is 0 Å².